The normalized spacial score (nSPS) is 20.5. The zero-order valence-corrected chi connectivity index (χ0v) is 40.3. The van der Waals surface area contributed by atoms with E-state index >= 15 is 0 Å². The number of carbonyl (C=O) groups is 1. The number of ether oxygens (including phenoxy) is 2. The van der Waals surface area contributed by atoms with Gasteiger partial charge < -0.3 is 45.9 Å². The number of unbranched alkanes of at least 4 members (excludes halogenated alkanes) is 28. The van der Waals surface area contributed by atoms with E-state index in [-0.39, 0.29) is 25.1 Å². The van der Waals surface area contributed by atoms with Crippen LogP contribution in [0, 0.1) is 0 Å². The molecule has 1 amide bonds. The Hall–Kier alpha value is -1.46. The highest BCUT2D eigenvalue weighted by Crippen LogP contribution is 2.26. The van der Waals surface area contributed by atoms with Crippen molar-refractivity contribution >= 4 is 16.3 Å². The van der Waals surface area contributed by atoms with Crippen LogP contribution in [0.15, 0.2) is 24.3 Å². The van der Waals surface area contributed by atoms with Gasteiger partial charge in [0.05, 0.1) is 25.4 Å². The lowest BCUT2D eigenvalue weighted by Crippen LogP contribution is -2.61. The van der Waals surface area contributed by atoms with Crippen molar-refractivity contribution in [3.05, 3.63) is 24.3 Å². The largest absolute Gasteiger partial charge is 0.726 e. The Labute approximate surface area is 378 Å². The number of nitrogens with one attached hydrogen (secondary N) is 1. The van der Waals surface area contributed by atoms with Crippen molar-refractivity contribution in [2.24, 2.45) is 0 Å². The molecule has 13 nitrogen and oxygen atoms in total. The molecule has 0 aromatic rings. The summed E-state index contributed by atoms with van der Waals surface area (Å²) in [6, 6.07) is -0.953. The molecule has 1 aliphatic rings. The summed E-state index contributed by atoms with van der Waals surface area (Å²) in [5, 5.41) is 44.6. The van der Waals surface area contributed by atoms with Gasteiger partial charge in [-0.2, -0.15) is 0 Å². The number of hydrogen-bond donors (Lipinski definition) is 6. The number of rotatable bonds is 42. The summed E-state index contributed by atoms with van der Waals surface area (Å²) >= 11 is 0. The van der Waals surface area contributed by atoms with Crippen molar-refractivity contribution in [3.8, 4) is 0 Å². The molecule has 9 N–H and O–H groups in total. The van der Waals surface area contributed by atoms with Crippen molar-refractivity contribution < 1.29 is 51.8 Å². The second-order valence-corrected chi connectivity index (χ2v) is 18.4. The Bertz CT molecular complexity index is 1190. The number of amides is 1. The number of carbonyl (C=O) groups excluding carboxylic acids is 1. The van der Waals surface area contributed by atoms with E-state index in [0.717, 1.165) is 38.5 Å². The summed E-state index contributed by atoms with van der Waals surface area (Å²) in [5.41, 5.74) is 0. The fourth-order valence-corrected chi connectivity index (χ4v) is 8.36. The van der Waals surface area contributed by atoms with Gasteiger partial charge in [-0.25, -0.2) is 8.42 Å². The Morgan fingerprint density at radius 1 is 0.661 bits per heavy atom. The van der Waals surface area contributed by atoms with E-state index in [1.54, 1.807) is 6.08 Å². The Morgan fingerprint density at radius 3 is 1.48 bits per heavy atom. The van der Waals surface area contributed by atoms with Gasteiger partial charge in [0.1, 0.15) is 24.4 Å². The number of aliphatic hydroxyl groups is 4. The predicted molar refractivity (Wildman–Crippen MR) is 250 cm³/mol. The lowest BCUT2D eigenvalue weighted by molar-refractivity contribution is -0.298. The van der Waals surface area contributed by atoms with Gasteiger partial charge in [-0.3, -0.25) is 8.98 Å². The summed E-state index contributed by atoms with van der Waals surface area (Å²) in [6.07, 6.45) is 36.1. The molecule has 2 unspecified atom stereocenters. The highest BCUT2D eigenvalue weighted by Gasteiger charge is 2.47. The molecule has 14 heteroatoms. The van der Waals surface area contributed by atoms with Crippen molar-refractivity contribution in [2.45, 2.75) is 262 Å². The Morgan fingerprint density at radius 2 is 1.06 bits per heavy atom. The maximum absolute atomic E-state index is 13.0. The summed E-state index contributed by atoms with van der Waals surface area (Å²) < 4.78 is 49.3. The van der Waals surface area contributed by atoms with E-state index in [0.29, 0.717) is 6.42 Å². The standard InChI is InChI=1S/C48H91NO11S.H3N/c1-3-5-7-9-11-13-15-17-18-19-20-21-22-23-24-26-28-30-32-34-36-38-44(52)49-41(42(51)37-35-33-31-29-27-25-16-14-12-10-8-6-4-2)40-58-48-46(54)47(60-61(55,56)57)45(53)43(39-50)59-48;/h17-18,35,37,41-43,45-48,50-51,53-54H,3-16,19-34,36,38-40H2,1-2H3,(H,49,52)(H,55,56,57);1H3/b18-17-,37-35+;/t41-,42+,43+,45-,46?,47?,48+;/m0./s1. The quantitative estimate of drug-likeness (QED) is 0.0146. The minimum absolute atomic E-state index is 0. The number of aliphatic hydroxyl groups excluding tert-OH is 4. The van der Waals surface area contributed by atoms with Crippen LogP contribution in [0.1, 0.15) is 219 Å². The van der Waals surface area contributed by atoms with E-state index in [1.165, 1.54) is 154 Å². The first-order valence-corrected chi connectivity index (χ1v) is 26.0. The third-order valence-electron chi connectivity index (χ3n) is 11.7. The van der Waals surface area contributed by atoms with Gasteiger partial charge in [0.15, 0.2) is 6.29 Å². The molecule has 1 rings (SSSR count). The van der Waals surface area contributed by atoms with Gasteiger partial charge in [0.2, 0.25) is 16.3 Å². The van der Waals surface area contributed by atoms with Crippen LogP contribution in [-0.4, -0.2) is 95.4 Å². The molecule has 0 spiro atoms. The second-order valence-electron chi connectivity index (χ2n) is 17.4. The maximum atomic E-state index is 13.0. The highest BCUT2D eigenvalue weighted by atomic mass is 32.3. The molecule has 0 saturated carbocycles. The summed E-state index contributed by atoms with van der Waals surface area (Å²) in [6.45, 7) is 3.35. The third-order valence-corrected chi connectivity index (χ3v) is 12.2. The minimum atomic E-state index is -5.33. The molecule has 1 aliphatic heterocycles. The highest BCUT2D eigenvalue weighted by molar-refractivity contribution is 7.80. The van der Waals surface area contributed by atoms with E-state index in [2.05, 4.69) is 35.5 Å². The SMILES string of the molecule is CCCCCCCC/C=C\CCCCCCCCCCCCCC(=O)N[C@@H](CO[C@@H]1O[C@H](CO)[C@H](O)C(OS(=O)(=O)[O-])C1O)[C@H](O)/C=C/CCCCCCCCCCCCC.[NH4+]. The molecule has 1 saturated heterocycles. The molecule has 0 aromatic carbocycles. The Balaban J connectivity index is 0.0000372. The van der Waals surface area contributed by atoms with E-state index in [4.69, 9.17) is 9.47 Å². The second kappa shape index (κ2) is 41.0. The predicted octanol–water partition coefficient (Wildman–Crippen LogP) is 10.1. The van der Waals surface area contributed by atoms with Crippen LogP contribution in [0.3, 0.4) is 0 Å². The van der Waals surface area contributed by atoms with Crippen molar-refractivity contribution in [1.82, 2.24) is 11.5 Å². The van der Waals surface area contributed by atoms with Crippen LogP contribution in [-0.2, 0) is 28.9 Å². The molecular formula is C48H94N2O11S. The number of hydrogen-bond acceptors (Lipinski definition) is 11. The van der Waals surface area contributed by atoms with E-state index < -0.39 is 59.9 Å². The van der Waals surface area contributed by atoms with Crippen LogP contribution in [0.2, 0.25) is 0 Å². The molecule has 62 heavy (non-hydrogen) atoms. The van der Waals surface area contributed by atoms with Crippen LogP contribution in [0.5, 0.6) is 0 Å². The fraction of sp³-hybridized carbons (Fsp3) is 0.896. The van der Waals surface area contributed by atoms with Crippen LogP contribution >= 0.6 is 0 Å². The molecule has 1 fully saturated rings. The van der Waals surface area contributed by atoms with Gasteiger partial charge in [0.25, 0.3) is 0 Å². The zero-order valence-electron chi connectivity index (χ0n) is 39.4. The summed E-state index contributed by atoms with van der Waals surface area (Å²) in [5.74, 6) is -0.271. The summed E-state index contributed by atoms with van der Waals surface area (Å²) in [4.78, 5) is 13.0. The minimum Gasteiger partial charge on any atom is -0.726 e. The van der Waals surface area contributed by atoms with Crippen LogP contribution in [0.4, 0.5) is 0 Å². The smallest absolute Gasteiger partial charge is 0.220 e. The van der Waals surface area contributed by atoms with Gasteiger partial charge in [-0.05, 0) is 44.9 Å². The average Bonchev–Trinajstić information content (AvgIpc) is 3.23. The van der Waals surface area contributed by atoms with Gasteiger partial charge in [-0.1, -0.05) is 192 Å². The van der Waals surface area contributed by atoms with E-state index in [9.17, 15) is 38.2 Å². The molecule has 0 radical (unpaired) electrons. The third kappa shape index (κ3) is 33.1. The van der Waals surface area contributed by atoms with Crippen molar-refractivity contribution in [3.63, 3.8) is 0 Å². The molecule has 1 heterocycles. The van der Waals surface area contributed by atoms with Crippen LogP contribution in [0.25, 0.3) is 0 Å². The fourth-order valence-electron chi connectivity index (χ4n) is 7.86. The number of allylic oxidation sites excluding steroid dienone is 3. The van der Waals surface area contributed by atoms with Crippen LogP contribution < -0.4 is 11.5 Å². The maximum Gasteiger partial charge on any atom is 0.220 e. The van der Waals surface area contributed by atoms with Crippen molar-refractivity contribution in [1.29, 1.82) is 0 Å². The monoisotopic (exact) mass is 907 g/mol. The number of quaternary nitrogens is 1. The summed E-state index contributed by atoms with van der Waals surface area (Å²) in [7, 11) is -5.33. The molecule has 0 aromatic heterocycles. The first kappa shape index (κ1) is 60.5. The molecule has 368 valence electrons. The van der Waals surface area contributed by atoms with E-state index in [1.807, 2.05) is 6.08 Å². The first-order chi connectivity index (χ1) is 29.5. The van der Waals surface area contributed by atoms with Gasteiger partial charge in [-0.15, -0.1) is 0 Å². The molecular weight excluding hydrogens is 813 g/mol. The molecule has 7 atom stereocenters. The van der Waals surface area contributed by atoms with Gasteiger partial charge >= 0.3 is 0 Å². The average molecular weight is 907 g/mol. The van der Waals surface area contributed by atoms with Gasteiger partial charge in [0, 0.05) is 6.42 Å². The first-order valence-electron chi connectivity index (χ1n) is 24.7. The Kier molecular flexibility index (Phi) is 40.0. The zero-order chi connectivity index (χ0) is 44.8. The lowest BCUT2D eigenvalue weighted by atomic mass is 9.99. The lowest BCUT2D eigenvalue weighted by Gasteiger charge is -2.42. The molecule has 0 bridgehead atoms. The molecule has 0 aliphatic carbocycles. The topological polar surface area (TPSA) is 231 Å². The van der Waals surface area contributed by atoms with Crippen molar-refractivity contribution in [2.75, 3.05) is 13.2 Å².